The van der Waals surface area contributed by atoms with Crippen LogP contribution in [0.1, 0.15) is 40.7 Å². The smallest absolute Gasteiger partial charge is 0.322 e. The first-order valence-electron chi connectivity index (χ1n) is 10.0. The van der Waals surface area contributed by atoms with Gasteiger partial charge in [-0.25, -0.2) is 0 Å². The predicted molar refractivity (Wildman–Crippen MR) is 111 cm³/mol. The molecule has 2 N–H and O–H groups in total. The van der Waals surface area contributed by atoms with E-state index in [0.29, 0.717) is 23.5 Å². The summed E-state index contributed by atoms with van der Waals surface area (Å²) in [5.74, 6) is -0.603. The zero-order valence-electron chi connectivity index (χ0n) is 16.7. The molecule has 0 aliphatic carbocycles. The van der Waals surface area contributed by atoms with E-state index in [1.807, 2.05) is 17.0 Å². The van der Waals surface area contributed by atoms with Crippen molar-refractivity contribution in [3.8, 4) is 11.8 Å². The van der Waals surface area contributed by atoms with Crippen LogP contribution >= 0.6 is 0 Å². The summed E-state index contributed by atoms with van der Waals surface area (Å²) in [5, 5.41) is 21.1. The zero-order chi connectivity index (χ0) is 21.3. The number of nitrogens with one attached hydrogen (secondary N) is 1. The molecule has 0 spiro atoms. The fourth-order valence-corrected chi connectivity index (χ4v) is 3.44. The molecule has 1 aliphatic rings. The molecule has 0 bridgehead atoms. The van der Waals surface area contributed by atoms with Crippen LogP contribution in [0.15, 0.2) is 48.5 Å². The first-order valence-corrected chi connectivity index (χ1v) is 10.0. The maximum Gasteiger partial charge on any atom is 0.322 e. The number of carbonyl (C=O) groups is 2. The van der Waals surface area contributed by atoms with Crippen LogP contribution in [0, 0.1) is 11.3 Å². The fourth-order valence-electron chi connectivity index (χ4n) is 3.44. The van der Waals surface area contributed by atoms with Gasteiger partial charge in [-0.05, 0) is 67.9 Å². The number of nitriles is 1. The molecule has 30 heavy (non-hydrogen) atoms. The lowest BCUT2D eigenvalue weighted by Crippen LogP contribution is -2.50. The van der Waals surface area contributed by atoms with Crippen LogP contribution in [0.4, 0.5) is 0 Å². The summed E-state index contributed by atoms with van der Waals surface area (Å²) in [6.07, 6.45) is 3.10. The SMILES string of the molecule is N#Cc1ccc(COc2ccc(C(=O)NC[C@@H](C(=O)O)N3CCCCC3)cc2)cc1. The van der Waals surface area contributed by atoms with Crippen molar-refractivity contribution in [1.82, 2.24) is 10.2 Å². The van der Waals surface area contributed by atoms with E-state index >= 15 is 0 Å². The van der Waals surface area contributed by atoms with Crippen LogP contribution in [0.2, 0.25) is 0 Å². The number of nitrogens with zero attached hydrogens (tertiary/aromatic N) is 2. The Kier molecular flexibility index (Phi) is 7.41. The summed E-state index contributed by atoms with van der Waals surface area (Å²) in [7, 11) is 0. The van der Waals surface area contributed by atoms with Gasteiger partial charge in [0.15, 0.2) is 0 Å². The topological polar surface area (TPSA) is 103 Å². The average Bonchev–Trinajstić information content (AvgIpc) is 2.79. The number of carbonyl (C=O) groups excluding carboxylic acids is 1. The molecule has 0 unspecified atom stereocenters. The summed E-state index contributed by atoms with van der Waals surface area (Å²) < 4.78 is 5.71. The van der Waals surface area contributed by atoms with Gasteiger partial charge in [-0.1, -0.05) is 18.6 Å². The number of piperidine rings is 1. The van der Waals surface area contributed by atoms with Crippen molar-refractivity contribution in [2.45, 2.75) is 31.9 Å². The van der Waals surface area contributed by atoms with Crippen molar-refractivity contribution in [3.05, 3.63) is 65.2 Å². The Morgan fingerprint density at radius 1 is 1.07 bits per heavy atom. The number of carboxylic acids is 1. The third-order valence-electron chi connectivity index (χ3n) is 5.18. The van der Waals surface area contributed by atoms with Crippen LogP contribution < -0.4 is 10.1 Å². The lowest BCUT2D eigenvalue weighted by molar-refractivity contribution is -0.143. The van der Waals surface area contributed by atoms with Crippen molar-refractivity contribution in [2.24, 2.45) is 0 Å². The Labute approximate surface area is 175 Å². The van der Waals surface area contributed by atoms with Crippen LogP contribution in [0.3, 0.4) is 0 Å². The lowest BCUT2D eigenvalue weighted by Gasteiger charge is -2.31. The minimum absolute atomic E-state index is 0.0745. The van der Waals surface area contributed by atoms with Crippen molar-refractivity contribution >= 4 is 11.9 Å². The molecule has 3 rings (SSSR count). The molecular weight excluding hydrogens is 382 g/mol. The van der Waals surface area contributed by atoms with E-state index in [2.05, 4.69) is 11.4 Å². The number of benzene rings is 2. The van der Waals surface area contributed by atoms with E-state index in [9.17, 15) is 14.7 Å². The first-order chi connectivity index (χ1) is 14.6. The Morgan fingerprint density at radius 3 is 2.33 bits per heavy atom. The minimum atomic E-state index is -0.913. The summed E-state index contributed by atoms with van der Waals surface area (Å²) in [5.41, 5.74) is 1.98. The molecule has 1 heterocycles. The first kappa shape index (κ1) is 21.3. The van der Waals surface area contributed by atoms with Gasteiger partial charge in [-0.2, -0.15) is 5.26 Å². The Balaban J connectivity index is 1.51. The lowest BCUT2D eigenvalue weighted by atomic mass is 10.1. The molecule has 0 saturated carbocycles. The maximum absolute atomic E-state index is 12.4. The molecule has 1 saturated heterocycles. The van der Waals surface area contributed by atoms with E-state index < -0.39 is 12.0 Å². The van der Waals surface area contributed by atoms with E-state index in [1.165, 1.54) is 0 Å². The number of likely N-dealkylation sites (tertiary alicyclic amines) is 1. The standard InChI is InChI=1S/C23H25N3O4/c24-14-17-4-6-18(7-5-17)16-30-20-10-8-19(9-11-20)22(27)25-15-21(23(28)29)26-12-2-1-3-13-26/h4-11,21H,1-3,12-13,15-16H2,(H,25,27)(H,28,29)/t21-/m0/s1. The number of rotatable bonds is 8. The van der Waals surface area contributed by atoms with Gasteiger partial charge in [0.05, 0.1) is 11.6 Å². The van der Waals surface area contributed by atoms with Crippen LogP contribution in [0.5, 0.6) is 5.75 Å². The Bertz CT molecular complexity index is 898. The molecule has 7 heteroatoms. The predicted octanol–water partition coefficient (Wildman–Crippen LogP) is 2.81. The largest absolute Gasteiger partial charge is 0.489 e. The number of carboxylic acid groups (broad SMARTS) is 1. The van der Waals surface area contributed by atoms with E-state index in [4.69, 9.17) is 10.00 Å². The highest BCUT2D eigenvalue weighted by atomic mass is 16.5. The van der Waals surface area contributed by atoms with Crippen LogP contribution in [-0.4, -0.2) is 47.6 Å². The highest BCUT2D eigenvalue weighted by Crippen LogP contribution is 2.15. The van der Waals surface area contributed by atoms with Crippen LogP contribution in [-0.2, 0) is 11.4 Å². The summed E-state index contributed by atoms with van der Waals surface area (Å²) in [6, 6.07) is 15.2. The van der Waals surface area contributed by atoms with Gasteiger partial charge in [-0.3, -0.25) is 14.5 Å². The Morgan fingerprint density at radius 2 is 1.73 bits per heavy atom. The van der Waals surface area contributed by atoms with Gasteiger partial charge in [0.2, 0.25) is 0 Å². The normalized spacial score (nSPS) is 15.0. The number of ether oxygens (including phenoxy) is 1. The highest BCUT2D eigenvalue weighted by molar-refractivity contribution is 5.94. The molecule has 2 aromatic carbocycles. The molecule has 0 radical (unpaired) electrons. The molecule has 1 atom stereocenters. The molecule has 2 aromatic rings. The summed E-state index contributed by atoms with van der Waals surface area (Å²) >= 11 is 0. The third-order valence-corrected chi connectivity index (χ3v) is 5.18. The second-order valence-corrected chi connectivity index (χ2v) is 7.28. The summed E-state index contributed by atoms with van der Waals surface area (Å²) in [4.78, 5) is 25.9. The Hall–Kier alpha value is -3.37. The maximum atomic E-state index is 12.4. The van der Waals surface area contributed by atoms with Gasteiger partial charge in [0, 0.05) is 12.1 Å². The molecule has 1 aliphatic heterocycles. The monoisotopic (exact) mass is 407 g/mol. The van der Waals surface area contributed by atoms with Crippen molar-refractivity contribution in [1.29, 1.82) is 5.26 Å². The second-order valence-electron chi connectivity index (χ2n) is 7.28. The number of aliphatic carboxylic acids is 1. The van der Waals surface area contributed by atoms with Crippen LogP contribution in [0.25, 0.3) is 0 Å². The van der Waals surface area contributed by atoms with Gasteiger partial charge in [-0.15, -0.1) is 0 Å². The van der Waals surface area contributed by atoms with Crippen molar-refractivity contribution in [3.63, 3.8) is 0 Å². The van der Waals surface area contributed by atoms with Gasteiger partial charge in [0.25, 0.3) is 5.91 Å². The summed E-state index contributed by atoms with van der Waals surface area (Å²) in [6.45, 7) is 1.93. The van der Waals surface area contributed by atoms with Gasteiger partial charge in [0.1, 0.15) is 18.4 Å². The third kappa shape index (κ3) is 5.82. The van der Waals surface area contributed by atoms with Gasteiger partial charge < -0.3 is 15.2 Å². The van der Waals surface area contributed by atoms with Crippen molar-refractivity contribution in [2.75, 3.05) is 19.6 Å². The highest BCUT2D eigenvalue weighted by Gasteiger charge is 2.27. The van der Waals surface area contributed by atoms with E-state index in [1.54, 1.807) is 36.4 Å². The number of hydrogen-bond acceptors (Lipinski definition) is 5. The fraction of sp³-hybridized carbons (Fsp3) is 0.348. The quantitative estimate of drug-likeness (QED) is 0.698. The molecular formula is C23H25N3O4. The molecule has 1 amide bonds. The average molecular weight is 407 g/mol. The number of hydrogen-bond donors (Lipinski definition) is 2. The zero-order valence-corrected chi connectivity index (χ0v) is 16.7. The minimum Gasteiger partial charge on any atom is -0.489 e. The molecule has 1 fully saturated rings. The van der Waals surface area contributed by atoms with E-state index in [-0.39, 0.29) is 12.5 Å². The second kappa shape index (κ2) is 10.4. The van der Waals surface area contributed by atoms with Crippen molar-refractivity contribution < 1.29 is 19.4 Å². The van der Waals surface area contributed by atoms with E-state index in [0.717, 1.165) is 37.9 Å². The van der Waals surface area contributed by atoms with Gasteiger partial charge >= 0.3 is 5.97 Å². The molecule has 0 aromatic heterocycles. The molecule has 7 nitrogen and oxygen atoms in total. The number of amides is 1. The molecule has 156 valence electrons.